The number of carbonyl (C=O) groups excluding carboxylic acids is 1. The van der Waals surface area contributed by atoms with Gasteiger partial charge in [-0.3, -0.25) is 14.7 Å². The van der Waals surface area contributed by atoms with Gasteiger partial charge in [-0.2, -0.15) is 0 Å². The molecule has 1 aromatic carbocycles. The molecule has 1 fully saturated rings. The molecule has 1 amide bonds. The van der Waals surface area contributed by atoms with E-state index in [2.05, 4.69) is 15.0 Å². The number of anilines is 1. The number of nitrogens with zero attached hydrogens (tertiary/aromatic N) is 4. The molecule has 3 aromatic rings. The summed E-state index contributed by atoms with van der Waals surface area (Å²) < 4.78 is 6.65. The monoisotopic (exact) mass is 374 g/mol. The van der Waals surface area contributed by atoms with E-state index in [9.17, 15) is 4.79 Å². The number of fused-ring (bicyclic) bond motifs is 1. The van der Waals surface area contributed by atoms with Gasteiger partial charge >= 0.3 is 0 Å². The molecule has 0 aliphatic carbocycles. The molecule has 0 N–H and O–H groups in total. The quantitative estimate of drug-likeness (QED) is 0.698. The third-order valence-electron chi connectivity index (χ3n) is 4.03. The minimum Gasteiger partial charge on any atom is -0.376 e. The number of hydrogen-bond donors (Lipinski definition) is 0. The molecule has 3 heterocycles. The largest absolute Gasteiger partial charge is 0.376 e. The molecule has 1 saturated heterocycles. The van der Waals surface area contributed by atoms with E-state index in [1.165, 1.54) is 23.7 Å². The fourth-order valence-corrected chi connectivity index (χ4v) is 4.08. The molecule has 1 aliphatic heterocycles. The van der Waals surface area contributed by atoms with E-state index in [4.69, 9.17) is 16.3 Å². The summed E-state index contributed by atoms with van der Waals surface area (Å²) in [7, 11) is 0. The van der Waals surface area contributed by atoms with Crippen LogP contribution in [0, 0.1) is 0 Å². The molecular formula is C17H15ClN4O2S. The van der Waals surface area contributed by atoms with E-state index in [0.29, 0.717) is 22.2 Å². The van der Waals surface area contributed by atoms with E-state index in [0.717, 1.165) is 24.1 Å². The third kappa shape index (κ3) is 3.35. The zero-order valence-corrected chi connectivity index (χ0v) is 14.8. The van der Waals surface area contributed by atoms with E-state index in [-0.39, 0.29) is 17.7 Å². The molecule has 25 heavy (non-hydrogen) atoms. The first-order valence-corrected chi connectivity index (χ1v) is 9.16. The smallest absolute Gasteiger partial charge is 0.280 e. The van der Waals surface area contributed by atoms with E-state index in [1.54, 1.807) is 17.2 Å². The number of ether oxygens (including phenoxy) is 1. The molecule has 1 unspecified atom stereocenters. The van der Waals surface area contributed by atoms with Crippen molar-refractivity contribution in [3.8, 4) is 0 Å². The van der Waals surface area contributed by atoms with Crippen molar-refractivity contribution >= 4 is 44.2 Å². The molecule has 0 saturated carbocycles. The lowest BCUT2D eigenvalue weighted by atomic mass is 10.2. The summed E-state index contributed by atoms with van der Waals surface area (Å²) in [4.78, 5) is 27.3. The standard InChI is InChI=1S/C17H15ClN4O2S/c18-12-4-1-5-14-15(12)21-17(25-14)22(10-11-3-2-8-24-11)16(23)13-9-19-6-7-20-13/h1,4-7,9,11H,2-3,8,10H2. The van der Waals surface area contributed by atoms with Crippen LogP contribution >= 0.6 is 22.9 Å². The van der Waals surface area contributed by atoms with Crippen LogP contribution in [0.3, 0.4) is 0 Å². The highest BCUT2D eigenvalue weighted by molar-refractivity contribution is 7.22. The van der Waals surface area contributed by atoms with E-state index < -0.39 is 0 Å². The normalized spacial score (nSPS) is 17.1. The Morgan fingerprint density at radius 2 is 2.32 bits per heavy atom. The second-order valence-corrected chi connectivity index (χ2v) is 7.14. The van der Waals surface area contributed by atoms with Gasteiger partial charge in [-0.15, -0.1) is 0 Å². The van der Waals surface area contributed by atoms with Crippen molar-refractivity contribution in [2.75, 3.05) is 18.1 Å². The van der Waals surface area contributed by atoms with Gasteiger partial charge in [-0.1, -0.05) is 29.0 Å². The Bertz CT molecular complexity index is 896. The van der Waals surface area contributed by atoms with Crippen LogP contribution in [0.15, 0.2) is 36.8 Å². The second-order valence-electron chi connectivity index (χ2n) is 5.72. The van der Waals surface area contributed by atoms with Gasteiger partial charge < -0.3 is 4.74 Å². The van der Waals surface area contributed by atoms with Crippen LogP contribution in [0.25, 0.3) is 10.2 Å². The highest BCUT2D eigenvalue weighted by Gasteiger charge is 2.28. The molecular weight excluding hydrogens is 360 g/mol. The zero-order chi connectivity index (χ0) is 17.2. The van der Waals surface area contributed by atoms with Crippen molar-refractivity contribution < 1.29 is 9.53 Å². The summed E-state index contributed by atoms with van der Waals surface area (Å²) in [5, 5.41) is 1.17. The molecule has 128 valence electrons. The SMILES string of the molecule is O=C(c1cnccn1)N(CC1CCCO1)c1nc2c(Cl)cccc2s1. The summed E-state index contributed by atoms with van der Waals surface area (Å²) in [6.07, 6.45) is 6.44. The van der Waals surface area contributed by atoms with Crippen molar-refractivity contribution in [2.45, 2.75) is 18.9 Å². The number of amides is 1. The van der Waals surface area contributed by atoms with Gasteiger partial charge in [-0.05, 0) is 25.0 Å². The predicted molar refractivity (Wildman–Crippen MR) is 97.3 cm³/mol. The van der Waals surface area contributed by atoms with Crippen LogP contribution in [0.2, 0.25) is 5.02 Å². The van der Waals surface area contributed by atoms with Gasteiger partial charge in [0.15, 0.2) is 5.13 Å². The molecule has 1 aliphatic rings. The molecule has 2 aromatic heterocycles. The first-order chi connectivity index (χ1) is 12.2. The van der Waals surface area contributed by atoms with Crippen molar-refractivity contribution in [2.24, 2.45) is 0 Å². The maximum atomic E-state index is 13.0. The minimum absolute atomic E-state index is 0.00288. The third-order valence-corrected chi connectivity index (χ3v) is 5.38. The number of thiazole rings is 1. The maximum absolute atomic E-state index is 13.0. The van der Waals surface area contributed by atoms with Crippen molar-refractivity contribution in [3.05, 3.63) is 47.5 Å². The van der Waals surface area contributed by atoms with Crippen molar-refractivity contribution in [1.82, 2.24) is 15.0 Å². The summed E-state index contributed by atoms with van der Waals surface area (Å²) >= 11 is 7.67. The maximum Gasteiger partial charge on any atom is 0.280 e. The van der Waals surface area contributed by atoms with Crippen LogP contribution < -0.4 is 4.90 Å². The number of halogens is 1. The van der Waals surface area contributed by atoms with E-state index >= 15 is 0 Å². The number of aromatic nitrogens is 3. The second kappa shape index (κ2) is 7.03. The average molecular weight is 375 g/mol. The lowest BCUT2D eigenvalue weighted by molar-refractivity contribution is 0.0913. The topological polar surface area (TPSA) is 68.2 Å². The fraction of sp³-hybridized carbons (Fsp3) is 0.294. The zero-order valence-electron chi connectivity index (χ0n) is 13.3. The van der Waals surface area contributed by atoms with Crippen molar-refractivity contribution in [1.29, 1.82) is 0 Å². The van der Waals surface area contributed by atoms with Gasteiger partial charge in [0.25, 0.3) is 5.91 Å². The first kappa shape index (κ1) is 16.4. The van der Waals surface area contributed by atoms with Gasteiger partial charge in [0, 0.05) is 19.0 Å². The van der Waals surface area contributed by atoms with Crippen molar-refractivity contribution in [3.63, 3.8) is 0 Å². The Labute approximate surface area is 153 Å². The summed E-state index contributed by atoms with van der Waals surface area (Å²) in [5.41, 5.74) is 0.985. The number of hydrogen-bond acceptors (Lipinski definition) is 6. The van der Waals surface area contributed by atoms with E-state index in [1.807, 2.05) is 12.1 Å². The van der Waals surface area contributed by atoms with Crippen LogP contribution in [-0.2, 0) is 4.74 Å². The molecule has 0 radical (unpaired) electrons. The number of rotatable bonds is 4. The van der Waals surface area contributed by atoms with Crippen LogP contribution in [-0.4, -0.2) is 40.1 Å². The molecule has 0 bridgehead atoms. The van der Waals surface area contributed by atoms with Gasteiger partial charge in [0.05, 0.1) is 28.6 Å². The van der Waals surface area contributed by atoms with Crippen LogP contribution in [0.5, 0.6) is 0 Å². The Balaban J connectivity index is 1.72. The van der Waals surface area contributed by atoms with Crippen LogP contribution in [0.4, 0.5) is 5.13 Å². The lowest BCUT2D eigenvalue weighted by Crippen LogP contribution is -2.38. The van der Waals surface area contributed by atoms with Gasteiger partial charge in [0.2, 0.25) is 0 Å². The molecule has 4 rings (SSSR count). The minimum atomic E-state index is -0.237. The number of para-hydroxylation sites is 1. The Hall–Kier alpha value is -2.09. The molecule has 8 heteroatoms. The molecule has 6 nitrogen and oxygen atoms in total. The molecule has 0 spiro atoms. The average Bonchev–Trinajstić information content (AvgIpc) is 3.30. The highest BCUT2D eigenvalue weighted by atomic mass is 35.5. The van der Waals surface area contributed by atoms with Gasteiger partial charge in [-0.25, -0.2) is 9.97 Å². The fourth-order valence-electron chi connectivity index (χ4n) is 2.81. The Kier molecular flexibility index (Phi) is 4.61. The number of carbonyl (C=O) groups is 1. The predicted octanol–water partition coefficient (Wildman–Crippen LogP) is 3.57. The molecule has 1 atom stereocenters. The highest BCUT2D eigenvalue weighted by Crippen LogP contribution is 2.33. The summed E-state index contributed by atoms with van der Waals surface area (Å²) in [5.74, 6) is -0.237. The summed E-state index contributed by atoms with van der Waals surface area (Å²) in [6, 6.07) is 5.61. The Morgan fingerprint density at radius 1 is 1.40 bits per heavy atom. The van der Waals surface area contributed by atoms with Crippen LogP contribution in [0.1, 0.15) is 23.3 Å². The number of benzene rings is 1. The van der Waals surface area contributed by atoms with Gasteiger partial charge in [0.1, 0.15) is 11.2 Å². The Morgan fingerprint density at radius 3 is 3.04 bits per heavy atom. The first-order valence-electron chi connectivity index (χ1n) is 7.97. The lowest BCUT2D eigenvalue weighted by Gasteiger charge is -2.22. The summed E-state index contributed by atoms with van der Waals surface area (Å²) in [6.45, 7) is 1.16.